The third-order valence-electron chi connectivity index (χ3n) is 1.65. The van der Waals surface area contributed by atoms with Crippen LogP contribution in [0.3, 0.4) is 0 Å². The summed E-state index contributed by atoms with van der Waals surface area (Å²) in [6.45, 7) is -0.389. The van der Waals surface area contributed by atoms with E-state index in [1.165, 1.54) is 24.3 Å². The maximum absolute atomic E-state index is 11.3. The molecular formula is C9H9ClO5S. The first-order valence-corrected chi connectivity index (χ1v) is 6.25. The first-order chi connectivity index (χ1) is 7.38. The molecule has 0 unspecified atom stereocenters. The lowest BCUT2D eigenvalue weighted by atomic mass is 10.2. The third-order valence-corrected chi connectivity index (χ3v) is 2.59. The van der Waals surface area contributed by atoms with Gasteiger partial charge in [-0.3, -0.25) is 4.55 Å². The van der Waals surface area contributed by atoms with Gasteiger partial charge in [0.15, 0.2) is 0 Å². The standard InChI is InChI=1S/C9H9ClO5S/c10-8-3-1-7(2-4-8)9(11)15-5-6-16(12,13)14/h1-4H,5-6H2,(H,12,13,14). The van der Waals surface area contributed by atoms with E-state index in [0.717, 1.165) is 0 Å². The van der Waals surface area contributed by atoms with Gasteiger partial charge in [-0.1, -0.05) is 11.6 Å². The molecule has 1 N–H and O–H groups in total. The van der Waals surface area contributed by atoms with Crippen LogP contribution in [0.15, 0.2) is 24.3 Å². The Balaban J connectivity index is 2.50. The fraction of sp³-hybridized carbons (Fsp3) is 0.222. The van der Waals surface area contributed by atoms with Crippen molar-refractivity contribution in [2.75, 3.05) is 12.4 Å². The predicted molar refractivity (Wildman–Crippen MR) is 58.2 cm³/mol. The molecule has 16 heavy (non-hydrogen) atoms. The molecule has 88 valence electrons. The maximum atomic E-state index is 11.3. The number of hydrogen-bond acceptors (Lipinski definition) is 4. The van der Waals surface area contributed by atoms with Crippen LogP contribution >= 0.6 is 11.6 Å². The summed E-state index contributed by atoms with van der Waals surface area (Å²) in [4.78, 5) is 11.3. The third kappa shape index (κ3) is 4.61. The Bertz CT molecular complexity index is 465. The molecule has 0 saturated carbocycles. The largest absolute Gasteiger partial charge is 0.461 e. The lowest BCUT2D eigenvalue weighted by Gasteiger charge is -2.03. The van der Waals surface area contributed by atoms with E-state index in [9.17, 15) is 13.2 Å². The number of rotatable bonds is 4. The van der Waals surface area contributed by atoms with Gasteiger partial charge < -0.3 is 4.74 Å². The van der Waals surface area contributed by atoms with Gasteiger partial charge >= 0.3 is 5.97 Å². The van der Waals surface area contributed by atoms with E-state index in [2.05, 4.69) is 4.74 Å². The quantitative estimate of drug-likeness (QED) is 0.656. The summed E-state index contributed by atoms with van der Waals surface area (Å²) in [6.07, 6.45) is 0. The number of ether oxygens (including phenoxy) is 1. The minimum Gasteiger partial charge on any atom is -0.461 e. The zero-order chi connectivity index (χ0) is 12.2. The second-order valence-corrected chi connectivity index (χ2v) is 4.94. The van der Waals surface area contributed by atoms with Crippen molar-refractivity contribution in [3.8, 4) is 0 Å². The summed E-state index contributed by atoms with van der Waals surface area (Å²) >= 11 is 5.62. The van der Waals surface area contributed by atoms with Crippen molar-refractivity contribution in [2.24, 2.45) is 0 Å². The molecule has 0 aliphatic heterocycles. The fourth-order valence-corrected chi connectivity index (χ4v) is 1.33. The van der Waals surface area contributed by atoms with Crippen molar-refractivity contribution in [1.82, 2.24) is 0 Å². The van der Waals surface area contributed by atoms with Gasteiger partial charge in [-0.15, -0.1) is 0 Å². The SMILES string of the molecule is O=C(OCCS(=O)(=O)O)c1ccc(Cl)cc1. The predicted octanol–water partition coefficient (Wildman–Crippen LogP) is 1.38. The Morgan fingerprint density at radius 2 is 1.88 bits per heavy atom. The van der Waals surface area contributed by atoms with E-state index >= 15 is 0 Å². The Morgan fingerprint density at radius 3 is 2.38 bits per heavy atom. The first-order valence-electron chi connectivity index (χ1n) is 4.26. The first kappa shape index (κ1) is 13.0. The minimum atomic E-state index is -4.11. The molecule has 0 spiro atoms. The minimum absolute atomic E-state index is 0.264. The molecule has 0 aliphatic rings. The lowest BCUT2D eigenvalue weighted by molar-refractivity contribution is 0.0528. The summed E-state index contributed by atoms with van der Waals surface area (Å²) in [6, 6.07) is 5.94. The molecule has 0 aromatic heterocycles. The molecule has 0 aliphatic carbocycles. The van der Waals surface area contributed by atoms with Gasteiger partial charge in [0.25, 0.3) is 10.1 Å². The van der Waals surface area contributed by atoms with Gasteiger partial charge in [-0.25, -0.2) is 4.79 Å². The molecule has 5 nitrogen and oxygen atoms in total. The second kappa shape index (κ2) is 5.29. The molecule has 0 fully saturated rings. The summed E-state index contributed by atoms with van der Waals surface area (Å²) in [5.41, 5.74) is 0.264. The van der Waals surface area contributed by atoms with Crippen LogP contribution in [0.4, 0.5) is 0 Å². The van der Waals surface area contributed by atoms with Crippen LogP contribution in [-0.4, -0.2) is 31.3 Å². The molecule has 0 radical (unpaired) electrons. The normalized spacial score (nSPS) is 11.1. The molecule has 0 amide bonds. The average molecular weight is 265 g/mol. The highest BCUT2D eigenvalue weighted by atomic mass is 35.5. The van der Waals surface area contributed by atoms with E-state index in [1.807, 2.05) is 0 Å². The van der Waals surface area contributed by atoms with Crippen molar-refractivity contribution < 1.29 is 22.5 Å². The van der Waals surface area contributed by atoms with Crippen molar-refractivity contribution >= 4 is 27.7 Å². The van der Waals surface area contributed by atoms with E-state index < -0.39 is 21.8 Å². The monoisotopic (exact) mass is 264 g/mol. The van der Waals surface area contributed by atoms with E-state index in [1.54, 1.807) is 0 Å². The number of hydrogen-bond donors (Lipinski definition) is 1. The number of esters is 1. The smallest absolute Gasteiger partial charge is 0.338 e. The molecule has 1 aromatic carbocycles. The lowest BCUT2D eigenvalue weighted by Crippen LogP contribution is -2.14. The van der Waals surface area contributed by atoms with E-state index in [0.29, 0.717) is 5.02 Å². The Morgan fingerprint density at radius 1 is 1.31 bits per heavy atom. The van der Waals surface area contributed by atoms with Gasteiger partial charge in [0.05, 0.1) is 5.56 Å². The van der Waals surface area contributed by atoms with Gasteiger partial charge in [0.1, 0.15) is 12.4 Å². The Kier molecular flexibility index (Phi) is 4.28. The maximum Gasteiger partial charge on any atom is 0.338 e. The average Bonchev–Trinajstić information content (AvgIpc) is 2.16. The molecular weight excluding hydrogens is 256 g/mol. The van der Waals surface area contributed by atoms with Gasteiger partial charge in [-0.2, -0.15) is 8.42 Å². The van der Waals surface area contributed by atoms with Crippen LogP contribution in [-0.2, 0) is 14.9 Å². The number of carbonyl (C=O) groups excluding carboxylic acids is 1. The number of benzene rings is 1. The van der Waals surface area contributed by atoms with Crippen LogP contribution in [0.2, 0.25) is 5.02 Å². The second-order valence-electron chi connectivity index (χ2n) is 2.93. The van der Waals surface area contributed by atoms with Crippen LogP contribution < -0.4 is 0 Å². The Labute approximate surface area is 97.7 Å². The van der Waals surface area contributed by atoms with Gasteiger partial charge in [-0.05, 0) is 24.3 Å². The molecule has 1 aromatic rings. The summed E-state index contributed by atoms with van der Waals surface area (Å²) < 4.78 is 33.7. The van der Waals surface area contributed by atoms with E-state index in [4.69, 9.17) is 16.2 Å². The summed E-state index contributed by atoms with van der Waals surface area (Å²) in [7, 11) is -4.11. The zero-order valence-electron chi connectivity index (χ0n) is 8.09. The van der Waals surface area contributed by atoms with Crippen LogP contribution in [0, 0.1) is 0 Å². The molecule has 7 heteroatoms. The fourth-order valence-electron chi connectivity index (χ4n) is 0.909. The highest BCUT2D eigenvalue weighted by Gasteiger charge is 2.09. The van der Waals surface area contributed by atoms with E-state index in [-0.39, 0.29) is 12.2 Å². The molecule has 1 rings (SSSR count). The Hall–Kier alpha value is -1.11. The van der Waals surface area contributed by atoms with Gasteiger partial charge in [0, 0.05) is 5.02 Å². The topological polar surface area (TPSA) is 80.7 Å². The highest BCUT2D eigenvalue weighted by Crippen LogP contribution is 2.10. The number of halogens is 1. The van der Waals surface area contributed by atoms with Crippen molar-refractivity contribution in [3.05, 3.63) is 34.9 Å². The molecule has 0 saturated heterocycles. The van der Waals surface area contributed by atoms with Crippen LogP contribution in [0.5, 0.6) is 0 Å². The summed E-state index contributed by atoms with van der Waals surface area (Å²) in [5.74, 6) is -1.29. The van der Waals surface area contributed by atoms with Crippen molar-refractivity contribution in [2.45, 2.75) is 0 Å². The highest BCUT2D eigenvalue weighted by molar-refractivity contribution is 7.85. The van der Waals surface area contributed by atoms with Crippen molar-refractivity contribution in [3.63, 3.8) is 0 Å². The van der Waals surface area contributed by atoms with Gasteiger partial charge in [0.2, 0.25) is 0 Å². The van der Waals surface area contributed by atoms with Crippen molar-refractivity contribution in [1.29, 1.82) is 0 Å². The number of carbonyl (C=O) groups is 1. The zero-order valence-corrected chi connectivity index (χ0v) is 9.66. The van der Waals surface area contributed by atoms with Crippen LogP contribution in [0.1, 0.15) is 10.4 Å². The molecule has 0 atom stereocenters. The molecule has 0 heterocycles. The summed E-state index contributed by atoms with van der Waals surface area (Å²) in [5, 5.41) is 0.481. The van der Waals surface area contributed by atoms with Crippen LogP contribution in [0.25, 0.3) is 0 Å². The molecule has 0 bridgehead atoms.